The third-order valence-electron chi connectivity index (χ3n) is 4.54. The van der Waals surface area contributed by atoms with Gasteiger partial charge in [-0.2, -0.15) is 0 Å². The van der Waals surface area contributed by atoms with Gasteiger partial charge in [-0.3, -0.25) is 0 Å². The molecule has 2 aromatic carbocycles. The van der Waals surface area contributed by atoms with Gasteiger partial charge in [0.15, 0.2) is 0 Å². The Morgan fingerprint density at radius 1 is 1.00 bits per heavy atom. The molecule has 0 amide bonds. The maximum absolute atomic E-state index is 6.37. The minimum absolute atomic E-state index is 0.398. The fourth-order valence-electron chi connectivity index (χ4n) is 3.65. The van der Waals surface area contributed by atoms with Crippen LogP contribution in [-0.2, 0) is 22.5 Å². The lowest BCUT2D eigenvalue weighted by atomic mass is 9.79. The largest absolute Gasteiger partial charge is 0.496 e. The Balaban J connectivity index is 1.98. The molecule has 2 aliphatic heterocycles. The normalized spacial score (nSPS) is 29.1. The third kappa shape index (κ3) is 1.64. The van der Waals surface area contributed by atoms with E-state index in [1.54, 1.807) is 7.11 Å². The number of ether oxygens (including phenoxy) is 3. The molecule has 0 N–H and O–H groups in total. The standard InChI is InChI=1S/C18H18O3/c1-17-11-12-13(8-6-10-15(12)19-3)18(2,21-17)20-16-9-5-4-7-14(16)17/h4-10H,11H2,1-3H3. The van der Waals surface area contributed by atoms with Gasteiger partial charge < -0.3 is 14.2 Å². The molecular formula is C18H18O3. The van der Waals surface area contributed by atoms with Crippen LogP contribution < -0.4 is 9.47 Å². The SMILES string of the molecule is COc1cccc2c1CC1(C)OC2(C)Oc2ccccc21. The summed E-state index contributed by atoms with van der Waals surface area (Å²) in [6, 6.07) is 14.2. The van der Waals surface area contributed by atoms with Gasteiger partial charge in [0, 0.05) is 30.0 Å². The van der Waals surface area contributed by atoms with Gasteiger partial charge in [0.2, 0.25) is 5.79 Å². The van der Waals surface area contributed by atoms with E-state index in [2.05, 4.69) is 19.1 Å². The molecule has 108 valence electrons. The van der Waals surface area contributed by atoms with Gasteiger partial charge in [-0.25, -0.2) is 0 Å². The Hall–Kier alpha value is -2.00. The lowest BCUT2D eigenvalue weighted by molar-refractivity contribution is -0.275. The summed E-state index contributed by atoms with van der Waals surface area (Å²) in [6.07, 6.45) is 0.780. The van der Waals surface area contributed by atoms with Crippen LogP contribution in [0.3, 0.4) is 0 Å². The number of benzene rings is 2. The lowest BCUT2D eigenvalue weighted by Crippen LogP contribution is -2.51. The highest BCUT2D eigenvalue weighted by Crippen LogP contribution is 2.53. The van der Waals surface area contributed by atoms with Crippen LogP contribution in [0.25, 0.3) is 0 Å². The number of fused-ring (bicyclic) bond motifs is 6. The quantitative estimate of drug-likeness (QED) is 0.797. The number of hydrogen-bond donors (Lipinski definition) is 0. The van der Waals surface area contributed by atoms with E-state index in [9.17, 15) is 0 Å². The summed E-state index contributed by atoms with van der Waals surface area (Å²) in [6.45, 7) is 4.11. The molecule has 2 aliphatic rings. The Morgan fingerprint density at radius 3 is 2.57 bits per heavy atom. The highest BCUT2D eigenvalue weighted by molar-refractivity contribution is 5.51. The van der Waals surface area contributed by atoms with Gasteiger partial charge in [-0.15, -0.1) is 0 Å². The smallest absolute Gasteiger partial charge is 0.235 e. The second kappa shape index (κ2) is 4.01. The predicted octanol–water partition coefficient (Wildman–Crippen LogP) is 3.75. The van der Waals surface area contributed by atoms with E-state index in [4.69, 9.17) is 14.2 Å². The van der Waals surface area contributed by atoms with E-state index in [0.717, 1.165) is 29.0 Å². The molecule has 0 radical (unpaired) electrons. The molecule has 2 unspecified atom stereocenters. The molecule has 3 heteroatoms. The molecule has 3 nitrogen and oxygen atoms in total. The average Bonchev–Trinajstić information content (AvgIpc) is 2.46. The molecule has 0 saturated carbocycles. The lowest BCUT2D eigenvalue weighted by Gasteiger charge is -2.50. The first-order chi connectivity index (χ1) is 10.1. The van der Waals surface area contributed by atoms with Crippen molar-refractivity contribution in [3.8, 4) is 11.5 Å². The first-order valence-electron chi connectivity index (χ1n) is 7.21. The fraction of sp³-hybridized carbons (Fsp3) is 0.333. The summed E-state index contributed by atoms with van der Waals surface area (Å²) < 4.78 is 18.1. The minimum Gasteiger partial charge on any atom is -0.496 e. The van der Waals surface area contributed by atoms with E-state index in [0.29, 0.717) is 0 Å². The van der Waals surface area contributed by atoms with Crippen molar-refractivity contribution in [2.45, 2.75) is 31.7 Å². The second-order valence-corrected chi connectivity index (χ2v) is 6.04. The van der Waals surface area contributed by atoms with Crippen molar-refractivity contribution in [1.82, 2.24) is 0 Å². The van der Waals surface area contributed by atoms with Gasteiger partial charge in [0.1, 0.15) is 17.1 Å². The minimum atomic E-state index is -0.773. The molecular weight excluding hydrogens is 264 g/mol. The van der Waals surface area contributed by atoms with Gasteiger partial charge in [-0.05, 0) is 19.1 Å². The molecule has 0 aliphatic carbocycles. The zero-order chi connectivity index (χ0) is 14.7. The van der Waals surface area contributed by atoms with Crippen LogP contribution in [0.2, 0.25) is 0 Å². The zero-order valence-corrected chi connectivity index (χ0v) is 12.5. The monoisotopic (exact) mass is 282 g/mol. The molecule has 4 rings (SSSR count). The zero-order valence-electron chi connectivity index (χ0n) is 12.5. The van der Waals surface area contributed by atoms with E-state index >= 15 is 0 Å². The first kappa shape index (κ1) is 12.7. The molecule has 0 fully saturated rings. The Bertz CT molecular complexity index is 724. The molecule has 21 heavy (non-hydrogen) atoms. The summed E-state index contributed by atoms with van der Waals surface area (Å²) in [5, 5.41) is 0. The van der Waals surface area contributed by atoms with E-state index in [1.165, 1.54) is 5.56 Å². The van der Waals surface area contributed by atoms with Crippen molar-refractivity contribution < 1.29 is 14.2 Å². The van der Waals surface area contributed by atoms with Crippen LogP contribution in [0.15, 0.2) is 42.5 Å². The summed E-state index contributed by atoms with van der Waals surface area (Å²) in [4.78, 5) is 0. The first-order valence-corrected chi connectivity index (χ1v) is 7.21. The highest BCUT2D eigenvalue weighted by Gasteiger charge is 2.51. The molecule has 0 saturated heterocycles. The number of methoxy groups -OCH3 is 1. The molecule has 2 atom stereocenters. The molecule has 0 spiro atoms. The predicted molar refractivity (Wildman–Crippen MR) is 79.6 cm³/mol. The fourth-order valence-corrected chi connectivity index (χ4v) is 3.65. The van der Waals surface area contributed by atoms with Crippen molar-refractivity contribution in [2.24, 2.45) is 0 Å². The third-order valence-corrected chi connectivity index (χ3v) is 4.54. The van der Waals surface area contributed by atoms with Crippen LogP contribution in [0.1, 0.15) is 30.5 Å². The highest BCUT2D eigenvalue weighted by atomic mass is 16.7. The van der Waals surface area contributed by atoms with Crippen LogP contribution in [0, 0.1) is 0 Å². The average molecular weight is 282 g/mol. The maximum Gasteiger partial charge on any atom is 0.235 e. The van der Waals surface area contributed by atoms with Crippen molar-refractivity contribution in [3.05, 3.63) is 59.2 Å². The van der Waals surface area contributed by atoms with Crippen LogP contribution >= 0.6 is 0 Å². The second-order valence-electron chi connectivity index (χ2n) is 6.04. The summed E-state index contributed by atoms with van der Waals surface area (Å²) in [5.41, 5.74) is 2.92. The van der Waals surface area contributed by atoms with Crippen LogP contribution in [-0.4, -0.2) is 7.11 Å². The van der Waals surface area contributed by atoms with Gasteiger partial charge in [-0.1, -0.05) is 30.3 Å². The number of para-hydroxylation sites is 1. The van der Waals surface area contributed by atoms with E-state index < -0.39 is 11.4 Å². The molecule has 2 bridgehead atoms. The van der Waals surface area contributed by atoms with Gasteiger partial charge >= 0.3 is 0 Å². The summed E-state index contributed by atoms with van der Waals surface area (Å²) in [5.74, 6) is 1.03. The maximum atomic E-state index is 6.37. The van der Waals surface area contributed by atoms with Gasteiger partial charge in [0.05, 0.1) is 7.11 Å². The Kier molecular flexibility index (Phi) is 2.43. The molecule has 2 aromatic rings. The number of rotatable bonds is 1. The van der Waals surface area contributed by atoms with Gasteiger partial charge in [0.25, 0.3) is 0 Å². The Morgan fingerprint density at radius 2 is 1.76 bits per heavy atom. The van der Waals surface area contributed by atoms with E-state index in [1.807, 2.05) is 37.3 Å². The van der Waals surface area contributed by atoms with Crippen molar-refractivity contribution >= 4 is 0 Å². The van der Waals surface area contributed by atoms with Crippen molar-refractivity contribution in [1.29, 1.82) is 0 Å². The van der Waals surface area contributed by atoms with Crippen LogP contribution in [0.4, 0.5) is 0 Å². The van der Waals surface area contributed by atoms with E-state index in [-0.39, 0.29) is 0 Å². The summed E-state index contributed by atoms with van der Waals surface area (Å²) in [7, 11) is 1.71. The molecule has 2 heterocycles. The van der Waals surface area contributed by atoms with Crippen LogP contribution in [0.5, 0.6) is 11.5 Å². The molecule has 0 aromatic heterocycles. The topological polar surface area (TPSA) is 27.7 Å². The van der Waals surface area contributed by atoms with Crippen molar-refractivity contribution in [3.63, 3.8) is 0 Å². The van der Waals surface area contributed by atoms with Crippen molar-refractivity contribution in [2.75, 3.05) is 7.11 Å². The number of hydrogen-bond acceptors (Lipinski definition) is 3. The summed E-state index contributed by atoms with van der Waals surface area (Å²) >= 11 is 0. The Labute approximate surface area is 124 Å².